The van der Waals surface area contributed by atoms with Crippen molar-refractivity contribution in [2.75, 3.05) is 0 Å². The van der Waals surface area contributed by atoms with Gasteiger partial charge in [-0.3, -0.25) is 10.1 Å². The Balaban J connectivity index is 0.00000144. The van der Waals surface area contributed by atoms with Gasteiger partial charge in [0.05, 0.1) is 4.92 Å². The van der Waals surface area contributed by atoms with Crippen LogP contribution in [0.3, 0.4) is 0 Å². The first-order valence-electron chi connectivity index (χ1n) is 3.28. The zero-order valence-corrected chi connectivity index (χ0v) is 8.97. The van der Waals surface area contributed by atoms with Crippen molar-refractivity contribution in [3.05, 3.63) is 38.3 Å². The molecule has 0 fully saturated rings. The van der Waals surface area contributed by atoms with Gasteiger partial charge in [0, 0.05) is 23.2 Å². The largest absolute Gasteiger partial charge is 0.326 e. The minimum absolute atomic E-state index is 0. The maximum Gasteiger partial charge on any atom is 0.270 e. The van der Waals surface area contributed by atoms with E-state index in [-0.39, 0.29) is 18.1 Å². The Bertz CT molecular complexity index is 319. The third-order valence-electron chi connectivity index (χ3n) is 1.47. The molecular weight excluding hydrogens is 259 g/mol. The van der Waals surface area contributed by atoms with Gasteiger partial charge in [-0.25, -0.2) is 0 Å². The van der Waals surface area contributed by atoms with E-state index >= 15 is 0 Å². The van der Waals surface area contributed by atoms with Gasteiger partial charge in [0.15, 0.2) is 0 Å². The fraction of sp³-hybridized carbons (Fsp3) is 0.143. The van der Waals surface area contributed by atoms with E-state index in [9.17, 15) is 10.1 Å². The maximum absolute atomic E-state index is 10.3. The van der Waals surface area contributed by atoms with Crippen LogP contribution in [0, 0.1) is 10.1 Å². The molecule has 0 unspecified atom stereocenters. The second kappa shape index (κ2) is 5.16. The molecule has 0 amide bonds. The van der Waals surface area contributed by atoms with Crippen LogP contribution in [-0.2, 0) is 6.54 Å². The van der Waals surface area contributed by atoms with Crippen LogP contribution in [0.5, 0.6) is 0 Å². The number of benzene rings is 1. The van der Waals surface area contributed by atoms with E-state index in [2.05, 4.69) is 15.9 Å². The van der Waals surface area contributed by atoms with Crippen LogP contribution in [0.15, 0.2) is 22.7 Å². The van der Waals surface area contributed by atoms with Gasteiger partial charge in [-0.1, -0.05) is 15.9 Å². The summed E-state index contributed by atoms with van der Waals surface area (Å²) in [5.74, 6) is 0. The SMILES string of the molecule is Cl.NCc1ccc([N+](=O)[O-])cc1Br. The van der Waals surface area contributed by atoms with E-state index in [1.807, 2.05) is 0 Å². The lowest BCUT2D eigenvalue weighted by Crippen LogP contribution is -1.98. The molecule has 0 radical (unpaired) electrons. The molecule has 0 aliphatic heterocycles. The fourth-order valence-corrected chi connectivity index (χ4v) is 1.34. The molecule has 0 spiro atoms. The van der Waals surface area contributed by atoms with E-state index in [0.717, 1.165) is 5.56 Å². The van der Waals surface area contributed by atoms with Gasteiger partial charge in [0.2, 0.25) is 0 Å². The lowest BCUT2D eigenvalue weighted by molar-refractivity contribution is -0.384. The number of nitrogens with two attached hydrogens (primary N) is 1. The molecule has 0 atom stereocenters. The predicted molar refractivity (Wildman–Crippen MR) is 55.9 cm³/mol. The monoisotopic (exact) mass is 266 g/mol. The molecule has 0 bridgehead atoms. The van der Waals surface area contributed by atoms with E-state index in [1.165, 1.54) is 12.1 Å². The average molecular weight is 268 g/mol. The number of hydrogen-bond acceptors (Lipinski definition) is 3. The molecule has 0 aromatic heterocycles. The number of hydrogen-bond donors (Lipinski definition) is 1. The Kier molecular flexibility index (Phi) is 4.90. The molecule has 0 heterocycles. The molecule has 0 aliphatic carbocycles. The first-order valence-corrected chi connectivity index (χ1v) is 4.07. The van der Waals surface area contributed by atoms with Crippen LogP contribution in [0.2, 0.25) is 0 Å². The molecule has 0 aliphatic rings. The van der Waals surface area contributed by atoms with Crippen molar-refractivity contribution in [1.82, 2.24) is 0 Å². The zero-order valence-electron chi connectivity index (χ0n) is 6.57. The first-order chi connectivity index (χ1) is 5.65. The van der Waals surface area contributed by atoms with Crippen molar-refractivity contribution < 1.29 is 4.92 Å². The number of halogens is 2. The Labute approximate surface area is 89.8 Å². The Morgan fingerprint density at radius 3 is 2.54 bits per heavy atom. The molecule has 6 heteroatoms. The van der Waals surface area contributed by atoms with Gasteiger partial charge >= 0.3 is 0 Å². The number of non-ortho nitro benzene ring substituents is 1. The van der Waals surface area contributed by atoms with Gasteiger partial charge in [0.1, 0.15) is 0 Å². The molecule has 13 heavy (non-hydrogen) atoms. The summed E-state index contributed by atoms with van der Waals surface area (Å²) in [6.07, 6.45) is 0. The van der Waals surface area contributed by atoms with Crippen molar-refractivity contribution in [1.29, 1.82) is 0 Å². The summed E-state index contributed by atoms with van der Waals surface area (Å²) in [4.78, 5) is 9.87. The molecule has 72 valence electrons. The third-order valence-corrected chi connectivity index (χ3v) is 2.21. The first kappa shape index (κ1) is 12.3. The van der Waals surface area contributed by atoms with Crippen molar-refractivity contribution in [3.8, 4) is 0 Å². The average Bonchev–Trinajstić information content (AvgIpc) is 2.04. The number of nitro benzene ring substituents is 1. The normalized spacial score (nSPS) is 9.08. The Hall–Kier alpha value is -0.650. The molecule has 4 nitrogen and oxygen atoms in total. The molecule has 0 saturated heterocycles. The zero-order chi connectivity index (χ0) is 9.14. The second-order valence-electron chi connectivity index (χ2n) is 2.24. The lowest BCUT2D eigenvalue weighted by atomic mass is 10.2. The Morgan fingerprint density at radius 1 is 1.54 bits per heavy atom. The summed E-state index contributed by atoms with van der Waals surface area (Å²) in [6.45, 7) is 0.374. The van der Waals surface area contributed by atoms with Crippen LogP contribution < -0.4 is 5.73 Å². The highest BCUT2D eigenvalue weighted by Crippen LogP contribution is 2.22. The highest BCUT2D eigenvalue weighted by molar-refractivity contribution is 9.10. The van der Waals surface area contributed by atoms with Crippen LogP contribution >= 0.6 is 28.3 Å². The van der Waals surface area contributed by atoms with Gasteiger partial charge < -0.3 is 5.73 Å². The topological polar surface area (TPSA) is 69.2 Å². The molecular formula is C7H8BrClN2O2. The van der Waals surface area contributed by atoms with Crippen molar-refractivity contribution in [2.45, 2.75) is 6.54 Å². The summed E-state index contributed by atoms with van der Waals surface area (Å²) in [6, 6.07) is 4.53. The van der Waals surface area contributed by atoms with Gasteiger partial charge in [-0.05, 0) is 11.6 Å². The highest BCUT2D eigenvalue weighted by atomic mass is 79.9. The van der Waals surface area contributed by atoms with Gasteiger partial charge in [0.25, 0.3) is 5.69 Å². The molecule has 0 saturated carbocycles. The predicted octanol–water partition coefficient (Wildman–Crippen LogP) is 2.24. The lowest BCUT2D eigenvalue weighted by Gasteiger charge is -1.99. The van der Waals surface area contributed by atoms with Crippen molar-refractivity contribution >= 4 is 34.0 Å². The van der Waals surface area contributed by atoms with Crippen molar-refractivity contribution in [3.63, 3.8) is 0 Å². The smallest absolute Gasteiger partial charge is 0.270 e. The van der Waals surface area contributed by atoms with Crippen LogP contribution in [0.25, 0.3) is 0 Å². The highest BCUT2D eigenvalue weighted by Gasteiger charge is 2.07. The minimum Gasteiger partial charge on any atom is -0.326 e. The van der Waals surface area contributed by atoms with Gasteiger partial charge in [-0.2, -0.15) is 0 Å². The second-order valence-corrected chi connectivity index (χ2v) is 3.09. The summed E-state index contributed by atoms with van der Waals surface area (Å²) in [5.41, 5.74) is 6.31. The molecule has 1 rings (SSSR count). The maximum atomic E-state index is 10.3. The number of nitrogens with zero attached hydrogens (tertiary/aromatic N) is 1. The minimum atomic E-state index is -0.439. The van der Waals surface area contributed by atoms with Crippen LogP contribution in [0.4, 0.5) is 5.69 Å². The van der Waals surface area contributed by atoms with Gasteiger partial charge in [-0.15, -0.1) is 12.4 Å². The summed E-state index contributed by atoms with van der Waals surface area (Å²) >= 11 is 3.19. The van der Waals surface area contributed by atoms with Crippen molar-refractivity contribution in [2.24, 2.45) is 5.73 Å². The van der Waals surface area contributed by atoms with Crippen LogP contribution in [0.1, 0.15) is 5.56 Å². The molecule has 1 aromatic carbocycles. The standard InChI is InChI=1S/C7H7BrN2O2.ClH/c8-7-3-6(10(11)12)2-1-5(7)4-9;/h1-3H,4,9H2;1H. The molecule has 2 N–H and O–H groups in total. The van der Waals surface area contributed by atoms with E-state index in [1.54, 1.807) is 6.07 Å². The van der Waals surface area contributed by atoms with E-state index in [4.69, 9.17) is 5.73 Å². The Morgan fingerprint density at radius 2 is 2.15 bits per heavy atom. The van der Waals surface area contributed by atoms with Crippen LogP contribution in [-0.4, -0.2) is 4.92 Å². The third kappa shape index (κ3) is 2.95. The summed E-state index contributed by atoms with van der Waals surface area (Å²) < 4.78 is 0.680. The van der Waals surface area contributed by atoms with E-state index < -0.39 is 4.92 Å². The quantitative estimate of drug-likeness (QED) is 0.660. The fourth-order valence-electron chi connectivity index (χ4n) is 0.815. The number of rotatable bonds is 2. The number of nitro groups is 1. The summed E-state index contributed by atoms with van der Waals surface area (Å²) in [5, 5.41) is 10.3. The molecule has 1 aromatic rings. The summed E-state index contributed by atoms with van der Waals surface area (Å²) in [7, 11) is 0. The van der Waals surface area contributed by atoms with E-state index in [0.29, 0.717) is 11.0 Å².